The van der Waals surface area contributed by atoms with Crippen LogP contribution in [0.2, 0.25) is 0 Å². The SMILES string of the molecule is COC(=O)C(C)CN(CCc1ccccc1)C(=O)Nc1ccccc1. The van der Waals surface area contributed by atoms with E-state index in [0.29, 0.717) is 13.1 Å². The molecule has 0 radical (unpaired) electrons. The first-order valence-corrected chi connectivity index (χ1v) is 8.33. The number of ether oxygens (including phenoxy) is 1. The molecule has 1 unspecified atom stereocenters. The second-order valence-electron chi connectivity index (χ2n) is 5.90. The van der Waals surface area contributed by atoms with Crippen LogP contribution in [0.3, 0.4) is 0 Å². The van der Waals surface area contributed by atoms with Gasteiger partial charge in [0.1, 0.15) is 0 Å². The summed E-state index contributed by atoms with van der Waals surface area (Å²) in [5, 5.41) is 2.88. The van der Waals surface area contributed by atoms with Crippen molar-refractivity contribution in [1.82, 2.24) is 4.90 Å². The lowest BCUT2D eigenvalue weighted by atomic mass is 10.1. The average molecular weight is 340 g/mol. The van der Waals surface area contributed by atoms with Crippen LogP contribution in [0, 0.1) is 5.92 Å². The molecular formula is C20H24N2O3. The Kier molecular flexibility index (Phi) is 7.01. The largest absolute Gasteiger partial charge is 0.469 e. The van der Waals surface area contributed by atoms with Crippen molar-refractivity contribution in [2.45, 2.75) is 13.3 Å². The second-order valence-corrected chi connectivity index (χ2v) is 5.90. The lowest BCUT2D eigenvalue weighted by Gasteiger charge is -2.25. The van der Waals surface area contributed by atoms with Crippen molar-refractivity contribution in [2.75, 3.05) is 25.5 Å². The molecule has 2 rings (SSSR count). The molecule has 0 aromatic heterocycles. The van der Waals surface area contributed by atoms with E-state index in [9.17, 15) is 9.59 Å². The monoisotopic (exact) mass is 340 g/mol. The molecule has 0 heterocycles. The third-order valence-corrected chi connectivity index (χ3v) is 3.92. The molecule has 2 aromatic rings. The maximum absolute atomic E-state index is 12.6. The number of nitrogens with zero attached hydrogens (tertiary/aromatic N) is 1. The van der Waals surface area contributed by atoms with Crippen molar-refractivity contribution in [1.29, 1.82) is 0 Å². The van der Waals surface area contributed by atoms with Crippen molar-refractivity contribution >= 4 is 17.7 Å². The fourth-order valence-corrected chi connectivity index (χ4v) is 2.51. The van der Waals surface area contributed by atoms with Gasteiger partial charge in [0.25, 0.3) is 0 Å². The van der Waals surface area contributed by atoms with Gasteiger partial charge in [0.2, 0.25) is 0 Å². The molecule has 1 N–H and O–H groups in total. The van der Waals surface area contributed by atoms with Gasteiger partial charge >= 0.3 is 12.0 Å². The Hall–Kier alpha value is -2.82. The third-order valence-electron chi connectivity index (χ3n) is 3.92. The molecule has 0 saturated carbocycles. The molecule has 1 atom stereocenters. The molecule has 5 nitrogen and oxygen atoms in total. The molecular weight excluding hydrogens is 316 g/mol. The van der Waals surface area contributed by atoms with Gasteiger partial charge in [-0.15, -0.1) is 0 Å². The number of methoxy groups -OCH3 is 1. The molecule has 0 aliphatic carbocycles. The van der Waals surface area contributed by atoms with Crippen molar-refractivity contribution in [2.24, 2.45) is 5.92 Å². The Bertz CT molecular complexity index is 674. The van der Waals surface area contributed by atoms with Crippen molar-refractivity contribution in [3.63, 3.8) is 0 Å². The van der Waals surface area contributed by atoms with Crippen LogP contribution in [0.15, 0.2) is 60.7 Å². The zero-order chi connectivity index (χ0) is 18.1. The first-order chi connectivity index (χ1) is 12.1. The van der Waals surface area contributed by atoms with Crippen molar-refractivity contribution in [3.8, 4) is 0 Å². The van der Waals surface area contributed by atoms with Crippen LogP contribution < -0.4 is 5.32 Å². The molecule has 0 fully saturated rings. The standard InChI is InChI=1S/C20H24N2O3/c1-16(19(23)25-2)15-22(14-13-17-9-5-3-6-10-17)20(24)21-18-11-7-4-8-12-18/h3-12,16H,13-15H2,1-2H3,(H,21,24). The number of para-hydroxylation sites is 1. The first kappa shape index (κ1) is 18.5. The lowest BCUT2D eigenvalue weighted by Crippen LogP contribution is -2.41. The van der Waals surface area contributed by atoms with Crippen molar-refractivity contribution < 1.29 is 14.3 Å². The highest BCUT2D eigenvalue weighted by atomic mass is 16.5. The third kappa shape index (κ3) is 5.95. The molecule has 0 bridgehead atoms. The van der Waals surface area contributed by atoms with Gasteiger partial charge in [-0.2, -0.15) is 0 Å². The van der Waals surface area contributed by atoms with Gasteiger partial charge < -0.3 is 15.0 Å². The summed E-state index contributed by atoms with van der Waals surface area (Å²) in [6.45, 7) is 2.58. The maximum Gasteiger partial charge on any atom is 0.321 e. The summed E-state index contributed by atoms with van der Waals surface area (Å²) in [6, 6.07) is 19.0. The summed E-state index contributed by atoms with van der Waals surface area (Å²) in [4.78, 5) is 26.0. The number of hydrogen-bond acceptors (Lipinski definition) is 3. The Morgan fingerprint density at radius 3 is 2.24 bits per heavy atom. The Morgan fingerprint density at radius 1 is 1.04 bits per heavy atom. The van der Waals surface area contributed by atoms with E-state index in [1.807, 2.05) is 60.7 Å². The number of amides is 2. The Labute approximate surface area is 148 Å². The molecule has 25 heavy (non-hydrogen) atoms. The topological polar surface area (TPSA) is 58.6 Å². The first-order valence-electron chi connectivity index (χ1n) is 8.33. The van der Waals surface area contributed by atoms with Gasteiger partial charge in [0, 0.05) is 18.8 Å². The summed E-state index contributed by atoms with van der Waals surface area (Å²) < 4.78 is 4.78. The summed E-state index contributed by atoms with van der Waals surface area (Å²) >= 11 is 0. The van der Waals surface area contributed by atoms with E-state index in [1.165, 1.54) is 7.11 Å². The van der Waals surface area contributed by atoms with E-state index in [0.717, 1.165) is 17.7 Å². The molecule has 2 amide bonds. The number of esters is 1. The van der Waals surface area contributed by atoms with Gasteiger partial charge in [0.05, 0.1) is 13.0 Å². The van der Waals surface area contributed by atoms with E-state index >= 15 is 0 Å². The Balaban J connectivity index is 2.04. The van der Waals surface area contributed by atoms with E-state index in [2.05, 4.69) is 5.32 Å². The van der Waals surface area contributed by atoms with Gasteiger partial charge in [-0.3, -0.25) is 4.79 Å². The molecule has 132 valence electrons. The number of hydrogen-bond donors (Lipinski definition) is 1. The van der Waals surface area contributed by atoms with Gasteiger partial charge in [-0.05, 0) is 24.1 Å². The predicted octanol–water partition coefficient (Wildman–Crippen LogP) is 3.57. The van der Waals surface area contributed by atoms with Crippen LogP contribution in [0.1, 0.15) is 12.5 Å². The highest BCUT2D eigenvalue weighted by Gasteiger charge is 2.21. The highest BCUT2D eigenvalue weighted by Crippen LogP contribution is 2.10. The zero-order valence-electron chi connectivity index (χ0n) is 14.6. The smallest absolute Gasteiger partial charge is 0.321 e. The normalized spacial score (nSPS) is 11.4. The minimum atomic E-state index is -0.387. The second kappa shape index (κ2) is 9.47. The minimum absolute atomic E-state index is 0.224. The number of urea groups is 1. The number of anilines is 1. The van der Waals surface area contributed by atoms with Gasteiger partial charge in [-0.25, -0.2) is 4.79 Å². The van der Waals surface area contributed by atoms with Crippen LogP contribution >= 0.6 is 0 Å². The van der Waals surface area contributed by atoms with E-state index < -0.39 is 0 Å². The van der Waals surface area contributed by atoms with Crippen LogP contribution in [0.4, 0.5) is 10.5 Å². The molecule has 0 aliphatic heterocycles. The number of rotatable bonds is 7. The van der Waals surface area contributed by atoms with E-state index in [-0.39, 0.29) is 17.9 Å². The molecule has 0 spiro atoms. The predicted molar refractivity (Wildman–Crippen MR) is 98.4 cm³/mol. The number of carbonyl (C=O) groups excluding carboxylic acids is 2. The summed E-state index contributed by atoms with van der Waals surface area (Å²) in [5.74, 6) is -0.709. The quantitative estimate of drug-likeness (QED) is 0.784. The minimum Gasteiger partial charge on any atom is -0.469 e. The Morgan fingerprint density at radius 2 is 1.64 bits per heavy atom. The number of nitrogens with one attached hydrogen (secondary N) is 1. The fourth-order valence-electron chi connectivity index (χ4n) is 2.51. The highest BCUT2D eigenvalue weighted by molar-refractivity contribution is 5.89. The van der Waals surface area contributed by atoms with Crippen LogP contribution in [-0.2, 0) is 16.0 Å². The zero-order valence-corrected chi connectivity index (χ0v) is 14.6. The van der Waals surface area contributed by atoms with Crippen LogP contribution in [-0.4, -0.2) is 37.1 Å². The molecule has 0 aliphatic rings. The number of carbonyl (C=O) groups is 2. The van der Waals surface area contributed by atoms with E-state index in [4.69, 9.17) is 4.74 Å². The fraction of sp³-hybridized carbons (Fsp3) is 0.300. The van der Waals surface area contributed by atoms with Gasteiger partial charge in [0.15, 0.2) is 0 Å². The van der Waals surface area contributed by atoms with E-state index in [1.54, 1.807) is 11.8 Å². The van der Waals surface area contributed by atoms with Crippen LogP contribution in [0.5, 0.6) is 0 Å². The summed E-state index contributed by atoms with van der Waals surface area (Å²) in [7, 11) is 1.36. The van der Waals surface area contributed by atoms with Crippen LogP contribution in [0.25, 0.3) is 0 Å². The molecule has 5 heteroatoms. The van der Waals surface area contributed by atoms with Gasteiger partial charge in [-0.1, -0.05) is 55.5 Å². The molecule has 0 saturated heterocycles. The van der Waals surface area contributed by atoms with Crippen molar-refractivity contribution in [3.05, 3.63) is 66.2 Å². The summed E-state index contributed by atoms with van der Waals surface area (Å²) in [5.41, 5.74) is 1.87. The molecule has 2 aromatic carbocycles. The average Bonchev–Trinajstić information content (AvgIpc) is 2.65. The lowest BCUT2D eigenvalue weighted by molar-refractivity contribution is -0.145. The summed E-state index contributed by atoms with van der Waals surface area (Å²) in [6.07, 6.45) is 0.719. The maximum atomic E-state index is 12.6. The number of benzene rings is 2.